The van der Waals surface area contributed by atoms with E-state index in [9.17, 15) is 14.4 Å². The summed E-state index contributed by atoms with van der Waals surface area (Å²) in [6, 6.07) is 22.6. The van der Waals surface area contributed by atoms with Gasteiger partial charge in [0, 0.05) is 10.2 Å². The molecule has 4 aromatic rings. The second-order valence-electron chi connectivity index (χ2n) is 9.13. The van der Waals surface area contributed by atoms with Crippen molar-refractivity contribution >= 4 is 94.8 Å². The number of halogens is 3. The first-order valence-corrected chi connectivity index (χ1v) is 15.6. The van der Waals surface area contributed by atoms with Crippen LogP contribution in [0.1, 0.15) is 18.1 Å². The number of imide groups is 1. The van der Waals surface area contributed by atoms with E-state index >= 15 is 0 Å². The molecule has 0 saturated carbocycles. The van der Waals surface area contributed by atoms with Crippen LogP contribution < -0.4 is 14.8 Å². The molecule has 1 aliphatic rings. The van der Waals surface area contributed by atoms with E-state index in [2.05, 4.69) is 55.4 Å². The average Bonchev–Trinajstić information content (AvgIpc) is 3.22. The van der Waals surface area contributed by atoms with Gasteiger partial charge in [-0.15, -0.1) is 0 Å². The van der Waals surface area contributed by atoms with Crippen molar-refractivity contribution in [2.45, 2.75) is 13.5 Å². The van der Waals surface area contributed by atoms with Crippen molar-refractivity contribution in [2.75, 3.05) is 18.5 Å². The quantitative estimate of drug-likeness (QED) is 0.174. The molecule has 1 fully saturated rings. The zero-order valence-corrected chi connectivity index (χ0v) is 26.9. The van der Waals surface area contributed by atoms with Crippen LogP contribution in [0, 0.1) is 0 Å². The van der Waals surface area contributed by atoms with Crippen LogP contribution in [0.5, 0.6) is 11.5 Å². The van der Waals surface area contributed by atoms with Crippen molar-refractivity contribution in [2.24, 2.45) is 0 Å². The molecule has 42 heavy (non-hydrogen) atoms. The zero-order chi connectivity index (χ0) is 29.8. The highest BCUT2D eigenvalue weighted by molar-refractivity contribution is 9.10. The Morgan fingerprint density at radius 3 is 2.57 bits per heavy atom. The lowest BCUT2D eigenvalue weighted by Crippen LogP contribution is -2.36. The molecule has 4 aromatic carbocycles. The molecule has 0 unspecified atom stereocenters. The summed E-state index contributed by atoms with van der Waals surface area (Å²) in [5.41, 5.74) is 2.11. The summed E-state index contributed by atoms with van der Waals surface area (Å²) >= 11 is 13.7. The maximum Gasteiger partial charge on any atom is 0.294 e. The lowest BCUT2D eigenvalue weighted by molar-refractivity contribution is -0.127. The van der Waals surface area contributed by atoms with Gasteiger partial charge >= 0.3 is 0 Å². The summed E-state index contributed by atoms with van der Waals surface area (Å²) in [4.78, 5) is 39.4. The van der Waals surface area contributed by atoms with E-state index in [0.717, 1.165) is 33.0 Å². The number of benzene rings is 4. The molecule has 5 rings (SSSR count). The average molecular weight is 731 g/mol. The highest BCUT2D eigenvalue weighted by Gasteiger charge is 2.36. The number of ether oxygens (including phenoxy) is 2. The maximum absolute atomic E-state index is 13.1. The van der Waals surface area contributed by atoms with E-state index in [1.165, 1.54) is 0 Å². The Balaban J connectivity index is 1.32. The van der Waals surface area contributed by atoms with Crippen LogP contribution >= 0.6 is 55.2 Å². The number of rotatable bonds is 9. The minimum Gasteiger partial charge on any atom is -0.490 e. The molecule has 1 aliphatic heterocycles. The molecule has 0 aromatic heterocycles. The van der Waals surface area contributed by atoms with Gasteiger partial charge in [0.15, 0.2) is 11.5 Å². The number of nitrogens with zero attached hydrogens (tertiary/aromatic N) is 1. The van der Waals surface area contributed by atoms with Crippen LogP contribution in [0.2, 0.25) is 5.02 Å². The van der Waals surface area contributed by atoms with Crippen LogP contribution in [-0.2, 0) is 16.2 Å². The molecule has 0 aliphatic carbocycles. The number of carbonyl (C=O) groups excluding carboxylic acids is 3. The molecule has 1 saturated heterocycles. The fourth-order valence-electron chi connectivity index (χ4n) is 4.35. The largest absolute Gasteiger partial charge is 0.490 e. The fraction of sp³-hybridized carbons (Fsp3) is 0.129. The predicted molar refractivity (Wildman–Crippen MR) is 174 cm³/mol. The number of amides is 3. The van der Waals surface area contributed by atoms with Crippen molar-refractivity contribution in [1.29, 1.82) is 0 Å². The highest BCUT2D eigenvalue weighted by Crippen LogP contribution is 2.40. The Kier molecular flexibility index (Phi) is 9.57. The number of carbonyl (C=O) groups is 3. The SMILES string of the molecule is CCOc1cc(/C=C2/SC(=O)N(CC(=O)Nc3ccc(Br)c(Cl)c3)C2=O)cc(Br)c1OCc1cccc2ccccc12. The van der Waals surface area contributed by atoms with Crippen LogP contribution in [0.25, 0.3) is 16.8 Å². The Labute approximate surface area is 268 Å². The van der Waals surface area contributed by atoms with Gasteiger partial charge in [-0.25, -0.2) is 0 Å². The van der Waals surface area contributed by atoms with Gasteiger partial charge in [-0.2, -0.15) is 0 Å². The standard InChI is InChI=1S/C31H23Br2ClN2O5S/c1-2-40-26-13-18(12-24(33)29(26)41-17-20-8-5-7-19-6-3-4-9-22(19)20)14-27-30(38)36(31(39)42-27)16-28(37)35-21-10-11-23(32)25(34)15-21/h3-15H,2,16-17H2,1H3,(H,35,37)/b27-14+. The molecule has 1 heterocycles. The van der Waals surface area contributed by atoms with Crippen LogP contribution in [0.15, 0.2) is 86.6 Å². The topological polar surface area (TPSA) is 84.9 Å². The Hall–Kier alpha value is -3.31. The lowest BCUT2D eigenvalue weighted by Gasteiger charge is -2.16. The summed E-state index contributed by atoms with van der Waals surface area (Å²) in [7, 11) is 0. The first-order chi connectivity index (χ1) is 20.2. The Bertz CT molecular complexity index is 1740. The third-order valence-electron chi connectivity index (χ3n) is 6.26. The molecule has 1 N–H and O–H groups in total. The van der Waals surface area contributed by atoms with E-state index in [1.54, 1.807) is 36.4 Å². The Morgan fingerprint density at radius 2 is 1.79 bits per heavy atom. The third-order valence-corrected chi connectivity index (χ3v) is 8.99. The van der Waals surface area contributed by atoms with Crippen LogP contribution in [0.4, 0.5) is 10.5 Å². The first kappa shape index (κ1) is 30.2. The molecule has 214 valence electrons. The minimum absolute atomic E-state index is 0.193. The molecule has 0 bridgehead atoms. The lowest BCUT2D eigenvalue weighted by atomic mass is 10.1. The van der Waals surface area contributed by atoms with Crippen molar-refractivity contribution < 1.29 is 23.9 Å². The molecule has 11 heteroatoms. The molecular formula is C31H23Br2ClN2O5S. The van der Waals surface area contributed by atoms with Crippen LogP contribution in [0.3, 0.4) is 0 Å². The normalized spacial score (nSPS) is 14.1. The number of thioether (sulfide) groups is 1. The minimum atomic E-state index is -0.556. The summed E-state index contributed by atoms with van der Waals surface area (Å²) in [5, 5.41) is 4.78. The van der Waals surface area contributed by atoms with E-state index in [4.69, 9.17) is 21.1 Å². The van der Waals surface area contributed by atoms with Crippen molar-refractivity contribution in [3.8, 4) is 11.5 Å². The fourth-order valence-corrected chi connectivity index (χ4v) is 6.19. The predicted octanol–water partition coefficient (Wildman–Crippen LogP) is 8.67. The van der Waals surface area contributed by atoms with Crippen molar-refractivity contribution in [3.63, 3.8) is 0 Å². The second kappa shape index (κ2) is 13.3. The van der Waals surface area contributed by atoms with E-state index in [0.29, 0.717) is 49.9 Å². The van der Waals surface area contributed by atoms with E-state index < -0.39 is 23.6 Å². The third kappa shape index (κ3) is 6.83. The number of hydrogen-bond acceptors (Lipinski definition) is 6. The molecule has 0 radical (unpaired) electrons. The van der Waals surface area contributed by atoms with Crippen molar-refractivity contribution in [1.82, 2.24) is 4.90 Å². The van der Waals surface area contributed by atoms with Crippen molar-refractivity contribution in [3.05, 3.63) is 103 Å². The highest BCUT2D eigenvalue weighted by atomic mass is 79.9. The molecular weight excluding hydrogens is 708 g/mol. The molecule has 3 amide bonds. The molecule has 0 atom stereocenters. The van der Waals surface area contributed by atoms with Gasteiger partial charge in [0.1, 0.15) is 13.2 Å². The second-order valence-corrected chi connectivity index (χ2v) is 12.2. The maximum atomic E-state index is 13.1. The van der Waals surface area contributed by atoms with Gasteiger partial charge in [-0.3, -0.25) is 19.3 Å². The van der Waals surface area contributed by atoms with Gasteiger partial charge in [0.25, 0.3) is 11.1 Å². The van der Waals surface area contributed by atoms with Gasteiger partial charge in [0.05, 0.1) is 21.0 Å². The number of hydrogen-bond donors (Lipinski definition) is 1. The number of anilines is 1. The van der Waals surface area contributed by atoms with Gasteiger partial charge in [-0.05, 0) is 109 Å². The van der Waals surface area contributed by atoms with Crippen LogP contribution in [-0.4, -0.2) is 35.1 Å². The summed E-state index contributed by atoms with van der Waals surface area (Å²) in [6.07, 6.45) is 1.60. The molecule has 7 nitrogen and oxygen atoms in total. The van der Waals surface area contributed by atoms with E-state index in [1.807, 2.05) is 31.2 Å². The smallest absolute Gasteiger partial charge is 0.294 e. The van der Waals surface area contributed by atoms with Gasteiger partial charge in [-0.1, -0.05) is 54.1 Å². The summed E-state index contributed by atoms with van der Waals surface area (Å²) < 4.78 is 13.4. The zero-order valence-electron chi connectivity index (χ0n) is 22.2. The Morgan fingerprint density at radius 1 is 1.00 bits per heavy atom. The summed E-state index contributed by atoms with van der Waals surface area (Å²) in [5.74, 6) is -0.0600. The number of nitrogens with one attached hydrogen (secondary N) is 1. The summed E-state index contributed by atoms with van der Waals surface area (Å²) in [6.45, 7) is 2.17. The van der Waals surface area contributed by atoms with Gasteiger partial charge < -0.3 is 14.8 Å². The number of fused-ring (bicyclic) bond motifs is 1. The molecule has 0 spiro atoms. The monoisotopic (exact) mass is 728 g/mol. The first-order valence-electron chi connectivity index (χ1n) is 12.8. The van der Waals surface area contributed by atoms with Gasteiger partial charge in [0.2, 0.25) is 5.91 Å². The van der Waals surface area contributed by atoms with E-state index in [-0.39, 0.29) is 4.91 Å².